The summed E-state index contributed by atoms with van der Waals surface area (Å²) < 4.78 is 11.7. The highest BCUT2D eigenvalue weighted by molar-refractivity contribution is 6.35. The molecule has 4 nitrogen and oxygen atoms in total. The Labute approximate surface area is 182 Å². The minimum Gasteiger partial charge on any atom is -0.490 e. The van der Waals surface area contributed by atoms with E-state index in [1.807, 2.05) is 25.1 Å². The van der Waals surface area contributed by atoms with Crippen molar-refractivity contribution in [3.63, 3.8) is 0 Å². The third kappa shape index (κ3) is 7.34. The Kier molecular flexibility index (Phi) is 9.69. The number of benzene rings is 2. The molecule has 0 aliphatic carbocycles. The molecule has 2 aromatic carbocycles. The second kappa shape index (κ2) is 11.7. The highest BCUT2D eigenvalue weighted by atomic mass is 35.5. The summed E-state index contributed by atoms with van der Waals surface area (Å²) in [5, 5.41) is 5.09. The molecule has 0 aliphatic heterocycles. The lowest BCUT2D eigenvalue weighted by molar-refractivity contribution is 0.269. The maximum atomic E-state index is 6.49. The number of hydrogen-bond acceptors (Lipinski definition) is 4. The maximum Gasteiger partial charge on any atom is 0.180 e. The Morgan fingerprint density at radius 3 is 2.46 bits per heavy atom. The van der Waals surface area contributed by atoms with Crippen LogP contribution in [0.15, 0.2) is 30.3 Å². The van der Waals surface area contributed by atoms with Crippen molar-refractivity contribution in [3.8, 4) is 11.5 Å². The van der Waals surface area contributed by atoms with Crippen LogP contribution in [-0.2, 0) is 13.2 Å². The van der Waals surface area contributed by atoms with Crippen LogP contribution in [0.1, 0.15) is 24.5 Å². The molecular formula is C21H27Cl3N2O2. The minimum absolute atomic E-state index is 0.276. The number of ether oxygens (including phenoxy) is 2. The zero-order valence-electron chi connectivity index (χ0n) is 16.5. The normalized spacial score (nSPS) is 11.1. The molecule has 0 aromatic heterocycles. The van der Waals surface area contributed by atoms with Gasteiger partial charge in [-0.05, 0) is 70.4 Å². The molecule has 0 saturated carbocycles. The Balaban J connectivity index is 2.04. The van der Waals surface area contributed by atoms with E-state index in [0.29, 0.717) is 33.2 Å². The van der Waals surface area contributed by atoms with Gasteiger partial charge in [-0.15, -0.1) is 0 Å². The molecule has 0 bridgehead atoms. The Bertz CT molecular complexity index is 770. The van der Waals surface area contributed by atoms with E-state index in [1.165, 1.54) is 0 Å². The van der Waals surface area contributed by atoms with Gasteiger partial charge in [-0.25, -0.2) is 0 Å². The Morgan fingerprint density at radius 1 is 1.00 bits per heavy atom. The molecular weight excluding hydrogens is 419 g/mol. The fraction of sp³-hybridized carbons (Fsp3) is 0.429. The largest absolute Gasteiger partial charge is 0.490 e. The summed E-state index contributed by atoms with van der Waals surface area (Å²) >= 11 is 18.7. The lowest BCUT2D eigenvalue weighted by atomic mass is 10.2. The highest BCUT2D eigenvalue weighted by Crippen LogP contribution is 2.37. The van der Waals surface area contributed by atoms with Crippen molar-refractivity contribution in [3.05, 3.63) is 56.5 Å². The summed E-state index contributed by atoms with van der Waals surface area (Å²) in [5.41, 5.74) is 1.88. The van der Waals surface area contributed by atoms with Gasteiger partial charge in [-0.3, -0.25) is 0 Å². The van der Waals surface area contributed by atoms with Gasteiger partial charge in [0, 0.05) is 22.2 Å². The zero-order chi connectivity index (χ0) is 20.5. The maximum absolute atomic E-state index is 6.49. The first kappa shape index (κ1) is 23.1. The van der Waals surface area contributed by atoms with Crippen LogP contribution in [0.3, 0.4) is 0 Å². The molecule has 7 heteroatoms. The SMILES string of the molecule is CCOc1cc(CNCCCN(C)C)cc(Cl)c1OCc1ccc(Cl)cc1Cl. The van der Waals surface area contributed by atoms with Gasteiger partial charge in [-0.1, -0.05) is 40.9 Å². The lowest BCUT2D eigenvalue weighted by Crippen LogP contribution is -2.21. The van der Waals surface area contributed by atoms with Crippen molar-refractivity contribution >= 4 is 34.8 Å². The van der Waals surface area contributed by atoms with Crippen molar-refractivity contribution in [2.24, 2.45) is 0 Å². The van der Waals surface area contributed by atoms with Gasteiger partial charge in [0.05, 0.1) is 11.6 Å². The van der Waals surface area contributed by atoms with Crippen LogP contribution in [-0.4, -0.2) is 38.7 Å². The number of nitrogens with one attached hydrogen (secondary N) is 1. The molecule has 0 aliphatic rings. The van der Waals surface area contributed by atoms with E-state index in [4.69, 9.17) is 44.3 Å². The van der Waals surface area contributed by atoms with E-state index in [9.17, 15) is 0 Å². The van der Waals surface area contributed by atoms with Gasteiger partial charge in [0.2, 0.25) is 0 Å². The van der Waals surface area contributed by atoms with E-state index in [-0.39, 0.29) is 6.61 Å². The molecule has 0 amide bonds. The summed E-state index contributed by atoms with van der Waals surface area (Å²) in [6, 6.07) is 9.18. The first-order valence-electron chi connectivity index (χ1n) is 9.28. The van der Waals surface area contributed by atoms with E-state index < -0.39 is 0 Å². The molecule has 0 unspecified atom stereocenters. The monoisotopic (exact) mass is 444 g/mol. The average molecular weight is 446 g/mol. The van der Waals surface area contributed by atoms with Gasteiger partial charge in [0.25, 0.3) is 0 Å². The highest BCUT2D eigenvalue weighted by Gasteiger charge is 2.14. The number of nitrogens with zero attached hydrogens (tertiary/aromatic N) is 1. The van der Waals surface area contributed by atoms with Crippen LogP contribution in [0.4, 0.5) is 0 Å². The summed E-state index contributed by atoms with van der Waals surface area (Å²) in [7, 11) is 4.15. The fourth-order valence-electron chi connectivity index (χ4n) is 2.67. The first-order chi connectivity index (χ1) is 13.4. The van der Waals surface area contributed by atoms with Crippen molar-refractivity contribution in [1.29, 1.82) is 0 Å². The third-order valence-corrected chi connectivity index (χ3v) is 4.91. The van der Waals surface area contributed by atoms with Gasteiger partial charge in [0.1, 0.15) is 6.61 Å². The van der Waals surface area contributed by atoms with E-state index >= 15 is 0 Å². The quantitative estimate of drug-likeness (QED) is 0.452. The van der Waals surface area contributed by atoms with E-state index in [2.05, 4.69) is 24.3 Å². The molecule has 2 rings (SSSR count). The van der Waals surface area contributed by atoms with E-state index in [1.54, 1.807) is 12.1 Å². The number of rotatable bonds is 11. The van der Waals surface area contributed by atoms with Gasteiger partial charge in [0.15, 0.2) is 11.5 Å². The predicted molar refractivity (Wildman–Crippen MR) is 118 cm³/mol. The average Bonchev–Trinajstić information content (AvgIpc) is 2.62. The van der Waals surface area contributed by atoms with Crippen molar-refractivity contribution in [2.75, 3.05) is 33.8 Å². The molecule has 28 heavy (non-hydrogen) atoms. The second-order valence-electron chi connectivity index (χ2n) is 6.70. The fourth-order valence-corrected chi connectivity index (χ4v) is 3.42. The van der Waals surface area contributed by atoms with Crippen LogP contribution < -0.4 is 14.8 Å². The predicted octanol–water partition coefficient (Wildman–Crippen LogP) is 5.67. The van der Waals surface area contributed by atoms with Crippen molar-refractivity contribution in [1.82, 2.24) is 10.2 Å². The number of hydrogen-bond donors (Lipinski definition) is 1. The summed E-state index contributed by atoms with van der Waals surface area (Å²) in [6.45, 7) is 5.44. The van der Waals surface area contributed by atoms with Crippen LogP contribution in [0.5, 0.6) is 11.5 Å². The molecule has 0 radical (unpaired) electrons. The summed E-state index contributed by atoms with van der Waals surface area (Å²) in [6.07, 6.45) is 1.09. The van der Waals surface area contributed by atoms with Crippen molar-refractivity contribution in [2.45, 2.75) is 26.5 Å². The molecule has 0 saturated heterocycles. The van der Waals surface area contributed by atoms with E-state index in [0.717, 1.165) is 37.2 Å². The zero-order valence-corrected chi connectivity index (χ0v) is 18.8. The van der Waals surface area contributed by atoms with Gasteiger partial charge in [-0.2, -0.15) is 0 Å². The van der Waals surface area contributed by atoms with Gasteiger partial charge >= 0.3 is 0 Å². The molecule has 0 atom stereocenters. The molecule has 0 fully saturated rings. The van der Waals surface area contributed by atoms with Crippen LogP contribution in [0, 0.1) is 0 Å². The minimum atomic E-state index is 0.276. The molecule has 1 N–H and O–H groups in total. The smallest absolute Gasteiger partial charge is 0.180 e. The number of halogens is 3. The van der Waals surface area contributed by atoms with Crippen LogP contribution in [0.25, 0.3) is 0 Å². The molecule has 0 heterocycles. The lowest BCUT2D eigenvalue weighted by Gasteiger charge is -2.16. The van der Waals surface area contributed by atoms with Gasteiger partial charge < -0.3 is 19.7 Å². The standard InChI is InChI=1S/C21H27Cl3N2O2/c1-4-27-20-11-15(13-25-8-5-9-26(2)3)10-19(24)21(20)28-14-16-6-7-17(22)12-18(16)23/h6-7,10-12,25H,4-5,8-9,13-14H2,1-3H3. The summed E-state index contributed by atoms with van der Waals surface area (Å²) in [5.74, 6) is 1.15. The van der Waals surface area contributed by atoms with Crippen LogP contribution in [0.2, 0.25) is 15.1 Å². The first-order valence-corrected chi connectivity index (χ1v) is 10.4. The molecule has 0 spiro atoms. The molecule has 2 aromatic rings. The molecule has 154 valence electrons. The summed E-state index contributed by atoms with van der Waals surface area (Å²) in [4.78, 5) is 2.17. The Morgan fingerprint density at radius 2 is 1.79 bits per heavy atom. The Hall–Kier alpha value is -1.17. The topological polar surface area (TPSA) is 33.7 Å². The second-order valence-corrected chi connectivity index (χ2v) is 7.95. The van der Waals surface area contributed by atoms with Crippen molar-refractivity contribution < 1.29 is 9.47 Å². The van der Waals surface area contributed by atoms with Crippen LogP contribution >= 0.6 is 34.8 Å². The third-order valence-electron chi connectivity index (χ3n) is 4.04.